The molecule has 2 N–H and O–H groups in total. The van der Waals surface area contributed by atoms with Crippen molar-refractivity contribution in [3.63, 3.8) is 0 Å². The molecule has 0 spiro atoms. The van der Waals surface area contributed by atoms with Crippen molar-refractivity contribution in [3.8, 4) is 0 Å². The van der Waals surface area contributed by atoms with Crippen LogP contribution in [0.1, 0.15) is 76.7 Å². The molecule has 4 rings (SSSR count). The Morgan fingerprint density at radius 3 is 2.49 bits per heavy atom. The summed E-state index contributed by atoms with van der Waals surface area (Å²) in [6, 6.07) is 2.47. The van der Waals surface area contributed by atoms with Crippen LogP contribution in [0, 0.1) is 5.92 Å². The standard InChI is InChI=1S/C27H39N5O7S2/c1-3-20-26(24(4-2)39-30-20)40(35,36)31-22(17-19-11-6-5-7-12-19)27(34)29-21-13-10-16-32(18-23(21)33)41(37,38)25-14-8-9-15-28-25/h8-9,14-15,19,21-22,31H,3-7,10-13,16-18H2,1-2H3,(H,29,34)/t21-,22-/m0/s1. The second kappa shape index (κ2) is 13.5. The van der Waals surface area contributed by atoms with Gasteiger partial charge in [-0.1, -0.05) is 57.2 Å². The molecule has 1 amide bonds. The Bertz CT molecular complexity index is 1400. The number of hydrogen-bond acceptors (Lipinski definition) is 9. The molecule has 2 aromatic rings. The van der Waals surface area contributed by atoms with Gasteiger partial charge in [-0.25, -0.2) is 21.8 Å². The predicted molar refractivity (Wildman–Crippen MR) is 150 cm³/mol. The molecule has 1 saturated carbocycles. The summed E-state index contributed by atoms with van der Waals surface area (Å²) in [7, 11) is -8.15. The number of Topliss-reactive ketones (excluding diaryl/α,β-unsaturated/α-hetero) is 1. The molecule has 2 aromatic heterocycles. The van der Waals surface area contributed by atoms with E-state index in [0.717, 1.165) is 36.4 Å². The van der Waals surface area contributed by atoms with Crippen molar-refractivity contribution in [1.29, 1.82) is 0 Å². The van der Waals surface area contributed by atoms with Gasteiger partial charge in [-0.15, -0.1) is 0 Å². The van der Waals surface area contributed by atoms with Crippen molar-refractivity contribution in [2.45, 2.75) is 100 Å². The van der Waals surface area contributed by atoms with Crippen molar-refractivity contribution >= 4 is 31.7 Å². The van der Waals surface area contributed by atoms with Gasteiger partial charge in [0.2, 0.25) is 15.9 Å². The molecule has 3 heterocycles. The Morgan fingerprint density at radius 1 is 1.07 bits per heavy atom. The first-order chi connectivity index (χ1) is 19.6. The fourth-order valence-electron chi connectivity index (χ4n) is 5.58. The molecule has 1 aliphatic heterocycles. The first kappa shape index (κ1) is 31.3. The summed E-state index contributed by atoms with van der Waals surface area (Å²) in [5.74, 6) is -0.689. The normalized spacial score (nSPS) is 20.4. The van der Waals surface area contributed by atoms with Crippen LogP contribution >= 0.6 is 0 Å². The van der Waals surface area contributed by atoms with Gasteiger partial charge in [0, 0.05) is 19.2 Å². The number of nitrogens with zero attached hydrogens (tertiary/aromatic N) is 3. The number of aryl methyl sites for hydroxylation is 2. The van der Waals surface area contributed by atoms with Crippen molar-refractivity contribution in [3.05, 3.63) is 35.9 Å². The molecule has 0 radical (unpaired) electrons. The zero-order valence-corrected chi connectivity index (χ0v) is 25.2. The van der Waals surface area contributed by atoms with E-state index in [1.807, 2.05) is 0 Å². The quantitative estimate of drug-likeness (QED) is 0.388. The van der Waals surface area contributed by atoms with E-state index in [4.69, 9.17) is 4.52 Å². The number of amides is 1. The van der Waals surface area contributed by atoms with E-state index < -0.39 is 50.4 Å². The summed E-state index contributed by atoms with van der Waals surface area (Å²) in [4.78, 5) is 30.7. The Balaban J connectivity index is 1.52. The second-order valence-corrected chi connectivity index (χ2v) is 14.2. The highest BCUT2D eigenvalue weighted by atomic mass is 32.2. The number of aromatic nitrogens is 2. The largest absolute Gasteiger partial charge is 0.360 e. The van der Waals surface area contributed by atoms with Crippen LogP contribution in [0.15, 0.2) is 38.8 Å². The fourth-order valence-corrected chi connectivity index (χ4v) is 8.62. The lowest BCUT2D eigenvalue weighted by Crippen LogP contribution is -2.53. The van der Waals surface area contributed by atoms with Gasteiger partial charge in [0.1, 0.15) is 16.6 Å². The highest BCUT2D eigenvalue weighted by molar-refractivity contribution is 7.89. The van der Waals surface area contributed by atoms with Crippen LogP contribution in [0.25, 0.3) is 0 Å². The smallest absolute Gasteiger partial charge is 0.260 e. The topological polar surface area (TPSA) is 169 Å². The van der Waals surface area contributed by atoms with Gasteiger partial charge in [0.25, 0.3) is 10.0 Å². The van der Waals surface area contributed by atoms with Crippen LogP contribution in [0.3, 0.4) is 0 Å². The van der Waals surface area contributed by atoms with Gasteiger partial charge in [-0.2, -0.15) is 9.03 Å². The van der Waals surface area contributed by atoms with Gasteiger partial charge in [0.15, 0.2) is 16.6 Å². The number of rotatable bonds is 11. The molecule has 2 aliphatic rings. The van der Waals surface area contributed by atoms with Crippen LogP contribution < -0.4 is 10.0 Å². The average molecular weight is 610 g/mol. The molecule has 12 nitrogen and oxygen atoms in total. The number of hydrogen-bond donors (Lipinski definition) is 2. The molecule has 2 fully saturated rings. The van der Waals surface area contributed by atoms with Crippen molar-refractivity contribution in [2.75, 3.05) is 13.1 Å². The molecule has 1 saturated heterocycles. The molecule has 1 aliphatic carbocycles. The molecule has 41 heavy (non-hydrogen) atoms. The van der Waals surface area contributed by atoms with E-state index in [2.05, 4.69) is 20.2 Å². The van der Waals surface area contributed by atoms with Gasteiger partial charge in [-0.05, 0) is 43.7 Å². The van der Waals surface area contributed by atoms with Crippen LogP contribution in [0.4, 0.5) is 0 Å². The Hall–Kier alpha value is -2.68. The van der Waals surface area contributed by atoms with E-state index in [0.29, 0.717) is 31.4 Å². The molecule has 0 bridgehead atoms. The maximum atomic E-state index is 13.6. The minimum atomic E-state index is -4.16. The van der Waals surface area contributed by atoms with Crippen molar-refractivity contribution in [2.24, 2.45) is 5.92 Å². The monoisotopic (exact) mass is 609 g/mol. The summed E-state index contributed by atoms with van der Waals surface area (Å²) in [5, 5.41) is 6.50. The second-order valence-electron chi connectivity index (χ2n) is 10.7. The van der Waals surface area contributed by atoms with Crippen molar-refractivity contribution in [1.82, 2.24) is 24.5 Å². The van der Waals surface area contributed by atoms with E-state index in [1.165, 1.54) is 12.3 Å². The molecule has 14 heteroatoms. The maximum absolute atomic E-state index is 13.6. The van der Waals surface area contributed by atoms with Crippen LogP contribution in [-0.4, -0.2) is 68.1 Å². The zero-order chi connectivity index (χ0) is 29.6. The molecule has 0 unspecified atom stereocenters. The number of nitrogens with one attached hydrogen (secondary N) is 2. The number of ketones is 1. The fraction of sp³-hybridized carbons (Fsp3) is 0.630. The molecule has 226 valence electrons. The van der Waals surface area contributed by atoms with Crippen LogP contribution in [0.2, 0.25) is 0 Å². The van der Waals surface area contributed by atoms with Gasteiger partial charge >= 0.3 is 0 Å². The zero-order valence-electron chi connectivity index (χ0n) is 23.5. The lowest BCUT2D eigenvalue weighted by Gasteiger charge is -2.27. The lowest BCUT2D eigenvalue weighted by atomic mass is 9.85. The van der Waals surface area contributed by atoms with Crippen molar-refractivity contribution < 1.29 is 30.9 Å². The van der Waals surface area contributed by atoms with Gasteiger partial charge < -0.3 is 9.84 Å². The highest BCUT2D eigenvalue weighted by Gasteiger charge is 2.37. The molecular weight excluding hydrogens is 570 g/mol. The molecule has 0 aromatic carbocycles. The predicted octanol–water partition coefficient (Wildman–Crippen LogP) is 2.35. The third-order valence-corrected chi connectivity index (χ3v) is 11.2. The molecule has 2 atom stereocenters. The number of pyridine rings is 1. The maximum Gasteiger partial charge on any atom is 0.260 e. The number of carbonyl (C=O) groups excluding carboxylic acids is 2. The van der Waals surface area contributed by atoms with E-state index >= 15 is 0 Å². The Morgan fingerprint density at radius 2 is 1.83 bits per heavy atom. The summed E-state index contributed by atoms with van der Waals surface area (Å²) in [5.41, 5.74) is 0.291. The third kappa shape index (κ3) is 7.40. The van der Waals surface area contributed by atoms with E-state index in [-0.39, 0.29) is 34.6 Å². The number of carbonyl (C=O) groups is 2. The Kier molecular flexibility index (Phi) is 10.3. The minimum Gasteiger partial charge on any atom is -0.360 e. The SMILES string of the molecule is CCc1noc(CC)c1S(=O)(=O)N[C@@H](CC1CCCCC1)C(=O)N[C@H]1CCCN(S(=O)(=O)c2ccccn2)CC1=O. The third-order valence-electron chi connectivity index (χ3n) is 7.79. The molecular formula is C27H39N5O7S2. The van der Waals surface area contributed by atoms with Crippen LogP contribution in [-0.2, 0) is 42.5 Å². The minimum absolute atomic E-state index is 0.0372. The van der Waals surface area contributed by atoms with E-state index in [9.17, 15) is 26.4 Å². The average Bonchev–Trinajstić information content (AvgIpc) is 3.32. The van der Waals surface area contributed by atoms with Crippen LogP contribution in [0.5, 0.6) is 0 Å². The summed E-state index contributed by atoms with van der Waals surface area (Å²) in [6.45, 7) is 3.23. The lowest BCUT2D eigenvalue weighted by molar-refractivity contribution is -0.128. The Labute approximate surface area is 241 Å². The summed E-state index contributed by atoms with van der Waals surface area (Å²) in [6.07, 6.45) is 7.80. The van der Waals surface area contributed by atoms with Gasteiger partial charge in [0.05, 0.1) is 12.6 Å². The first-order valence-corrected chi connectivity index (χ1v) is 17.2. The highest BCUT2D eigenvalue weighted by Crippen LogP contribution is 2.29. The van der Waals surface area contributed by atoms with E-state index in [1.54, 1.807) is 26.0 Å². The summed E-state index contributed by atoms with van der Waals surface area (Å²) >= 11 is 0. The first-order valence-electron chi connectivity index (χ1n) is 14.3. The summed E-state index contributed by atoms with van der Waals surface area (Å²) < 4.78 is 62.2. The number of sulfonamides is 2. The van der Waals surface area contributed by atoms with Gasteiger partial charge in [-0.3, -0.25) is 9.59 Å².